The van der Waals surface area contributed by atoms with Crippen LogP contribution in [0.15, 0.2) is 0 Å². The fourth-order valence-corrected chi connectivity index (χ4v) is 2.97. The monoisotopic (exact) mass is 300 g/mol. The molecule has 1 aliphatic rings. The lowest BCUT2D eigenvalue weighted by Gasteiger charge is -2.19. The molecule has 0 aromatic heterocycles. The van der Waals surface area contributed by atoms with Gasteiger partial charge in [0.05, 0.1) is 18.3 Å². The van der Waals surface area contributed by atoms with Crippen LogP contribution in [0.5, 0.6) is 0 Å². The maximum Gasteiger partial charge on any atom is 0.302 e. The van der Waals surface area contributed by atoms with Gasteiger partial charge >= 0.3 is 5.97 Å². The molecule has 0 saturated carbocycles. The highest BCUT2D eigenvalue weighted by Crippen LogP contribution is 2.30. The van der Waals surface area contributed by atoms with Gasteiger partial charge < -0.3 is 14.6 Å². The van der Waals surface area contributed by atoms with Gasteiger partial charge in [0.15, 0.2) is 0 Å². The second-order valence-corrected chi connectivity index (χ2v) is 6.16. The summed E-state index contributed by atoms with van der Waals surface area (Å²) < 4.78 is 11.4. The van der Waals surface area contributed by atoms with Crippen LogP contribution in [0, 0.1) is 0 Å². The van der Waals surface area contributed by atoms with Gasteiger partial charge in [0.25, 0.3) is 0 Å². The summed E-state index contributed by atoms with van der Waals surface area (Å²) in [5.41, 5.74) is 0. The lowest BCUT2D eigenvalue weighted by molar-refractivity contribution is -0.149. The molecular weight excluding hydrogens is 268 g/mol. The largest absolute Gasteiger partial charge is 0.460 e. The number of carbonyl (C=O) groups is 1. The molecule has 4 heteroatoms. The lowest BCUT2D eigenvalue weighted by atomic mass is 10.0. The van der Waals surface area contributed by atoms with E-state index in [-0.39, 0.29) is 24.3 Å². The molecular formula is C17H32O4. The number of unbranched alkanes of at least 4 members (excludes halogenated alkanes) is 4. The highest BCUT2D eigenvalue weighted by Gasteiger charge is 2.39. The van der Waals surface area contributed by atoms with Gasteiger partial charge in [0.2, 0.25) is 0 Å². The van der Waals surface area contributed by atoms with E-state index in [9.17, 15) is 9.90 Å². The van der Waals surface area contributed by atoms with E-state index in [4.69, 9.17) is 9.47 Å². The van der Waals surface area contributed by atoms with E-state index in [1.165, 1.54) is 6.92 Å². The molecule has 1 aliphatic heterocycles. The molecule has 1 saturated heterocycles. The summed E-state index contributed by atoms with van der Waals surface area (Å²) in [4.78, 5) is 11.2. The van der Waals surface area contributed by atoms with Gasteiger partial charge in [-0.1, -0.05) is 52.4 Å². The molecule has 0 unspecified atom stereocenters. The summed E-state index contributed by atoms with van der Waals surface area (Å²) in [6.07, 6.45) is 8.16. The van der Waals surface area contributed by atoms with Gasteiger partial charge in [0.1, 0.15) is 6.10 Å². The minimum Gasteiger partial charge on any atom is -0.460 e. The normalized spacial score (nSPS) is 26.8. The number of aliphatic hydroxyl groups excluding tert-OH is 1. The third kappa shape index (κ3) is 6.79. The van der Waals surface area contributed by atoms with E-state index in [1.54, 1.807) is 0 Å². The number of carbonyl (C=O) groups excluding carboxylic acids is 1. The van der Waals surface area contributed by atoms with Gasteiger partial charge in [-0.15, -0.1) is 0 Å². The average molecular weight is 300 g/mol. The van der Waals surface area contributed by atoms with Crippen molar-refractivity contribution in [3.8, 4) is 0 Å². The molecule has 124 valence electrons. The van der Waals surface area contributed by atoms with Crippen molar-refractivity contribution in [2.24, 2.45) is 0 Å². The minimum atomic E-state index is -0.439. The Morgan fingerprint density at radius 3 is 2.52 bits per heavy atom. The summed E-state index contributed by atoms with van der Waals surface area (Å²) in [6.45, 7) is 5.76. The maximum atomic E-state index is 11.2. The average Bonchev–Trinajstić information content (AvgIpc) is 2.82. The first kappa shape index (κ1) is 18.4. The van der Waals surface area contributed by atoms with E-state index in [2.05, 4.69) is 13.8 Å². The van der Waals surface area contributed by atoms with Crippen molar-refractivity contribution in [3.05, 3.63) is 0 Å². The van der Waals surface area contributed by atoms with Crippen LogP contribution < -0.4 is 0 Å². The van der Waals surface area contributed by atoms with Crippen LogP contribution in [0.2, 0.25) is 0 Å². The Morgan fingerprint density at radius 1 is 1.24 bits per heavy atom. The number of esters is 1. The topological polar surface area (TPSA) is 55.8 Å². The minimum absolute atomic E-state index is 0.0497. The zero-order chi connectivity index (χ0) is 15.7. The van der Waals surface area contributed by atoms with Gasteiger partial charge in [0, 0.05) is 13.3 Å². The molecule has 0 radical (unpaired) electrons. The van der Waals surface area contributed by atoms with E-state index < -0.39 is 6.10 Å². The van der Waals surface area contributed by atoms with Crippen molar-refractivity contribution in [2.45, 2.75) is 103 Å². The molecule has 0 aliphatic carbocycles. The summed E-state index contributed by atoms with van der Waals surface area (Å²) in [6, 6.07) is 0. The Bertz CT molecular complexity index is 293. The Morgan fingerprint density at radius 2 is 1.90 bits per heavy atom. The highest BCUT2D eigenvalue weighted by molar-refractivity contribution is 5.66. The molecule has 4 atom stereocenters. The predicted octanol–water partition coefficient (Wildman–Crippen LogP) is 3.60. The number of rotatable bonds is 10. The Labute approximate surface area is 129 Å². The van der Waals surface area contributed by atoms with Gasteiger partial charge in [-0.05, 0) is 12.8 Å². The molecule has 0 aromatic rings. The number of hydrogen-bond acceptors (Lipinski definition) is 4. The molecule has 0 spiro atoms. The first-order valence-electron chi connectivity index (χ1n) is 8.59. The summed E-state index contributed by atoms with van der Waals surface area (Å²) in [7, 11) is 0. The second kappa shape index (κ2) is 10.2. The van der Waals surface area contributed by atoms with E-state index in [1.807, 2.05) is 0 Å². The van der Waals surface area contributed by atoms with Crippen LogP contribution in [-0.2, 0) is 14.3 Å². The number of ether oxygens (including phenoxy) is 2. The quantitative estimate of drug-likeness (QED) is 0.495. The summed E-state index contributed by atoms with van der Waals surface area (Å²) in [5, 5.41) is 10.3. The zero-order valence-corrected chi connectivity index (χ0v) is 13.8. The van der Waals surface area contributed by atoms with Crippen molar-refractivity contribution in [1.29, 1.82) is 0 Å². The molecule has 0 amide bonds. The number of hydrogen-bond donors (Lipinski definition) is 1. The van der Waals surface area contributed by atoms with Crippen molar-refractivity contribution in [2.75, 3.05) is 0 Å². The Hall–Kier alpha value is -0.610. The van der Waals surface area contributed by atoms with Crippen LogP contribution in [0.3, 0.4) is 0 Å². The smallest absolute Gasteiger partial charge is 0.302 e. The van der Waals surface area contributed by atoms with Gasteiger partial charge in [-0.2, -0.15) is 0 Å². The van der Waals surface area contributed by atoms with Crippen molar-refractivity contribution >= 4 is 5.97 Å². The zero-order valence-electron chi connectivity index (χ0n) is 13.8. The third-order valence-corrected chi connectivity index (χ3v) is 4.17. The maximum absolute atomic E-state index is 11.2. The summed E-state index contributed by atoms with van der Waals surface area (Å²) >= 11 is 0. The third-order valence-electron chi connectivity index (χ3n) is 4.17. The molecule has 21 heavy (non-hydrogen) atoms. The number of aliphatic hydroxyl groups is 1. The van der Waals surface area contributed by atoms with Crippen LogP contribution >= 0.6 is 0 Å². The second-order valence-electron chi connectivity index (χ2n) is 6.16. The van der Waals surface area contributed by atoms with Crippen molar-refractivity contribution < 1.29 is 19.4 Å². The SMILES string of the molecule is CCCCC[C@@H](O)[C@H]1C[C@@H](OC(C)=O)[C@@H](CCCCC)O1. The van der Waals surface area contributed by atoms with Crippen LogP contribution in [0.4, 0.5) is 0 Å². The molecule has 1 heterocycles. The predicted molar refractivity (Wildman–Crippen MR) is 83.1 cm³/mol. The van der Waals surface area contributed by atoms with Crippen molar-refractivity contribution in [1.82, 2.24) is 0 Å². The van der Waals surface area contributed by atoms with Crippen LogP contribution in [0.25, 0.3) is 0 Å². The van der Waals surface area contributed by atoms with Crippen molar-refractivity contribution in [3.63, 3.8) is 0 Å². The molecule has 1 fully saturated rings. The fourth-order valence-electron chi connectivity index (χ4n) is 2.97. The lowest BCUT2D eigenvalue weighted by Crippen LogP contribution is -2.26. The molecule has 1 N–H and O–H groups in total. The first-order valence-corrected chi connectivity index (χ1v) is 8.59. The van der Waals surface area contributed by atoms with Gasteiger partial charge in [-0.3, -0.25) is 4.79 Å². The van der Waals surface area contributed by atoms with Crippen LogP contribution in [-0.4, -0.2) is 35.5 Å². The molecule has 1 rings (SSSR count). The molecule has 0 bridgehead atoms. The highest BCUT2D eigenvalue weighted by atomic mass is 16.6. The van der Waals surface area contributed by atoms with Gasteiger partial charge in [-0.25, -0.2) is 0 Å². The standard InChI is InChI=1S/C17H32O4/c1-4-6-8-10-14(19)16-12-17(20-13(3)18)15(21-16)11-9-7-5-2/h14-17,19H,4-12H2,1-3H3/t14-,15-,16-,17-/m1/s1. The fraction of sp³-hybridized carbons (Fsp3) is 0.941. The molecule has 0 aromatic carbocycles. The summed E-state index contributed by atoms with van der Waals surface area (Å²) in [5.74, 6) is -0.259. The Balaban J connectivity index is 2.46. The first-order chi connectivity index (χ1) is 10.1. The van der Waals surface area contributed by atoms with E-state index in [0.717, 1.165) is 51.4 Å². The van der Waals surface area contributed by atoms with Crippen LogP contribution in [0.1, 0.15) is 78.6 Å². The Kier molecular flexibility index (Phi) is 8.93. The van der Waals surface area contributed by atoms with E-state index >= 15 is 0 Å². The molecule has 4 nitrogen and oxygen atoms in total. The van der Waals surface area contributed by atoms with E-state index in [0.29, 0.717) is 6.42 Å².